The van der Waals surface area contributed by atoms with E-state index in [2.05, 4.69) is 31.9 Å². The first-order valence-corrected chi connectivity index (χ1v) is 4.69. The molecular weight excluding hydrogens is 272 g/mol. The number of furan rings is 1. The maximum atomic E-state index is 5.25. The first-order chi connectivity index (χ1) is 5.29. The first kappa shape index (κ1) is 7.37. The van der Waals surface area contributed by atoms with E-state index in [4.69, 9.17) is 4.42 Å². The van der Waals surface area contributed by atoms with Gasteiger partial charge in [-0.15, -0.1) is 0 Å². The third kappa shape index (κ3) is 1.12. The van der Waals surface area contributed by atoms with Gasteiger partial charge in [-0.05, 0) is 50.1 Å². The molecule has 2 aromatic rings. The van der Waals surface area contributed by atoms with Crippen LogP contribution in [0.1, 0.15) is 0 Å². The lowest BCUT2D eigenvalue weighted by Crippen LogP contribution is -1.69. The largest absolute Gasteiger partial charge is 0.463 e. The van der Waals surface area contributed by atoms with E-state index >= 15 is 0 Å². The fraction of sp³-hybridized carbons (Fsp3) is 0. The van der Waals surface area contributed by atoms with Gasteiger partial charge >= 0.3 is 0 Å². The number of hydrogen-bond acceptors (Lipinski definition) is 1. The standard InChI is InChI=1S/C8H4Br2O/c9-6-2-1-5-3-4-11-8(5)7(6)10/h1-4H. The van der Waals surface area contributed by atoms with Gasteiger partial charge in [-0.2, -0.15) is 0 Å². The smallest absolute Gasteiger partial charge is 0.149 e. The van der Waals surface area contributed by atoms with E-state index in [1.54, 1.807) is 6.26 Å². The summed E-state index contributed by atoms with van der Waals surface area (Å²) in [5, 5.41) is 1.11. The van der Waals surface area contributed by atoms with Crippen LogP contribution in [0.5, 0.6) is 0 Å². The molecule has 2 rings (SSSR count). The molecular formula is C8H4Br2O. The molecule has 0 unspecified atom stereocenters. The fourth-order valence-electron chi connectivity index (χ4n) is 0.973. The summed E-state index contributed by atoms with van der Waals surface area (Å²) in [4.78, 5) is 0. The molecule has 1 aromatic heterocycles. The summed E-state index contributed by atoms with van der Waals surface area (Å²) in [5.74, 6) is 0. The van der Waals surface area contributed by atoms with Crippen molar-refractivity contribution in [1.29, 1.82) is 0 Å². The Hall–Kier alpha value is -0.280. The van der Waals surface area contributed by atoms with Gasteiger partial charge in [0.05, 0.1) is 10.7 Å². The Morgan fingerprint density at radius 2 is 1.91 bits per heavy atom. The zero-order valence-corrected chi connectivity index (χ0v) is 8.65. The minimum atomic E-state index is 0.888. The summed E-state index contributed by atoms with van der Waals surface area (Å²) >= 11 is 6.81. The number of rotatable bonds is 0. The highest BCUT2D eigenvalue weighted by atomic mass is 79.9. The molecule has 56 valence electrons. The summed E-state index contributed by atoms with van der Waals surface area (Å²) < 4.78 is 7.24. The van der Waals surface area contributed by atoms with Crippen molar-refractivity contribution in [1.82, 2.24) is 0 Å². The summed E-state index contributed by atoms with van der Waals surface area (Å²) in [6.45, 7) is 0. The molecule has 0 amide bonds. The second-order valence-electron chi connectivity index (χ2n) is 2.20. The number of benzene rings is 1. The SMILES string of the molecule is Brc1ccc2ccoc2c1Br. The minimum absolute atomic E-state index is 0.888. The third-order valence-corrected chi connectivity index (χ3v) is 3.49. The van der Waals surface area contributed by atoms with Gasteiger partial charge in [0.2, 0.25) is 0 Å². The average molecular weight is 276 g/mol. The summed E-state index contributed by atoms with van der Waals surface area (Å²) in [6.07, 6.45) is 1.68. The van der Waals surface area contributed by atoms with Crippen molar-refractivity contribution in [3.63, 3.8) is 0 Å². The quantitative estimate of drug-likeness (QED) is 0.709. The van der Waals surface area contributed by atoms with Crippen LogP contribution < -0.4 is 0 Å². The van der Waals surface area contributed by atoms with Crippen LogP contribution in [0.15, 0.2) is 37.8 Å². The molecule has 0 saturated carbocycles. The van der Waals surface area contributed by atoms with E-state index in [0.29, 0.717) is 0 Å². The third-order valence-electron chi connectivity index (χ3n) is 1.51. The molecule has 0 atom stereocenters. The molecule has 1 aromatic carbocycles. The predicted octanol–water partition coefficient (Wildman–Crippen LogP) is 3.96. The average Bonchev–Trinajstić information content (AvgIpc) is 2.45. The Morgan fingerprint density at radius 3 is 2.73 bits per heavy atom. The zero-order chi connectivity index (χ0) is 7.84. The monoisotopic (exact) mass is 274 g/mol. The van der Waals surface area contributed by atoms with E-state index in [-0.39, 0.29) is 0 Å². The Morgan fingerprint density at radius 1 is 1.09 bits per heavy atom. The van der Waals surface area contributed by atoms with Gasteiger partial charge in [-0.25, -0.2) is 0 Å². The molecule has 0 fully saturated rings. The van der Waals surface area contributed by atoms with Gasteiger partial charge in [-0.3, -0.25) is 0 Å². The van der Waals surface area contributed by atoms with Crippen molar-refractivity contribution in [2.45, 2.75) is 0 Å². The van der Waals surface area contributed by atoms with E-state index < -0.39 is 0 Å². The lowest BCUT2D eigenvalue weighted by atomic mass is 10.3. The molecule has 0 N–H and O–H groups in total. The zero-order valence-electron chi connectivity index (χ0n) is 5.47. The maximum Gasteiger partial charge on any atom is 0.149 e. The second-order valence-corrected chi connectivity index (χ2v) is 3.85. The molecule has 0 bridgehead atoms. The fourth-order valence-corrected chi connectivity index (χ4v) is 1.74. The van der Waals surface area contributed by atoms with Gasteiger partial charge in [-0.1, -0.05) is 0 Å². The second kappa shape index (κ2) is 2.64. The van der Waals surface area contributed by atoms with Crippen molar-refractivity contribution in [2.24, 2.45) is 0 Å². The number of halogens is 2. The van der Waals surface area contributed by atoms with Crippen molar-refractivity contribution in [3.05, 3.63) is 33.4 Å². The van der Waals surface area contributed by atoms with Crippen LogP contribution >= 0.6 is 31.9 Å². The van der Waals surface area contributed by atoms with E-state index in [0.717, 1.165) is 19.9 Å². The van der Waals surface area contributed by atoms with Crippen LogP contribution in [0.2, 0.25) is 0 Å². The summed E-state index contributed by atoms with van der Waals surface area (Å²) in [5.41, 5.74) is 0.888. The van der Waals surface area contributed by atoms with E-state index in [1.165, 1.54) is 0 Å². The molecule has 0 saturated heterocycles. The van der Waals surface area contributed by atoms with Crippen molar-refractivity contribution in [2.75, 3.05) is 0 Å². The van der Waals surface area contributed by atoms with Crippen LogP contribution in [-0.2, 0) is 0 Å². The molecule has 0 spiro atoms. The van der Waals surface area contributed by atoms with Crippen molar-refractivity contribution in [3.8, 4) is 0 Å². The predicted molar refractivity (Wildman–Crippen MR) is 51.6 cm³/mol. The highest BCUT2D eigenvalue weighted by Gasteiger charge is 2.04. The van der Waals surface area contributed by atoms with Crippen LogP contribution in [0, 0.1) is 0 Å². The number of hydrogen-bond donors (Lipinski definition) is 0. The topological polar surface area (TPSA) is 13.1 Å². The van der Waals surface area contributed by atoms with Crippen LogP contribution in [0.25, 0.3) is 11.0 Å². The molecule has 3 heteroatoms. The number of fused-ring (bicyclic) bond motifs is 1. The highest BCUT2D eigenvalue weighted by molar-refractivity contribution is 9.13. The summed E-state index contributed by atoms with van der Waals surface area (Å²) in [7, 11) is 0. The van der Waals surface area contributed by atoms with Crippen LogP contribution in [0.3, 0.4) is 0 Å². The van der Waals surface area contributed by atoms with Gasteiger partial charge in [0.15, 0.2) is 0 Å². The van der Waals surface area contributed by atoms with Gasteiger partial charge in [0, 0.05) is 9.86 Å². The maximum absolute atomic E-state index is 5.25. The molecule has 1 heterocycles. The van der Waals surface area contributed by atoms with Crippen molar-refractivity contribution >= 4 is 42.8 Å². The highest BCUT2D eigenvalue weighted by Crippen LogP contribution is 2.31. The van der Waals surface area contributed by atoms with Gasteiger partial charge in [0.25, 0.3) is 0 Å². The van der Waals surface area contributed by atoms with Crippen LogP contribution in [0.4, 0.5) is 0 Å². The van der Waals surface area contributed by atoms with Gasteiger partial charge < -0.3 is 4.42 Å². The Balaban J connectivity index is 2.93. The lowest BCUT2D eigenvalue weighted by molar-refractivity contribution is 0.614. The molecule has 11 heavy (non-hydrogen) atoms. The van der Waals surface area contributed by atoms with E-state index in [9.17, 15) is 0 Å². The van der Waals surface area contributed by atoms with E-state index in [1.807, 2.05) is 18.2 Å². The molecule has 0 radical (unpaired) electrons. The molecule has 1 nitrogen and oxygen atoms in total. The minimum Gasteiger partial charge on any atom is -0.463 e. The molecule has 0 aliphatic heterocycles. The Kier molecular flexibility index (Phi) is 1.77. The molecule has 0 aliphatic rings. The van der Waals surface area contributed by atoms with Crippen LogP contribution in [-0.4, -0.2) is 0 Å². The first-order valence-electron chi connectivity index (χ1n) is 3.10. The normalized spacial score (nSPS) is 10.7. The Bertz CT molecular complexity index is 392. The Labute approximate surface area is 80.6 Å². The molecule has 0 aliphatic carbocycles. The summed E-state index contributed by atoms with van der Waals surface area (Å²) in [6, 6.07) is 5.93. The van der Waals surface area contributed by atoms with Gasteiger partial charge in [0.1, 0.15) is 5.58 Å². The van der Waals surface area contributed by atoms with Crippen molar-refractivity contribution < 1.29 is 4.42 Å². The lowest BCUT2D eigenvalue weighted by Gasteiger charge is -1.94.